The number of hydrogen-bond donors (Lipinski definition) is 2. The monoisotopic (exact) mass is 334 g/mol. The Bertz CT molecular complexity index is 567. The van der Waals surface area contributed by atoms with E-state index < -0.39 is 0 Å². The van der Waals surface area contributed by atoms with E-state index in [-0.39, 0.29) is 12.5 Å². The molecule has 0 spiro atoms. The molecular formula is C15H15BrN2O2. The van der Waals surface area contributed by atoms with E-state index in [1.165, 1.54) is 0 Å². The van der Waals surface area contributed by atoms with Gasteiger partial charge in [-0.05, 0) is 42.0 Å². The summed E-state index contributed by atoms with van der Waals surface area (Å²) in [5.74, 6) is 0.448. The van der Waals surface area contributed by atoms with Crippen molar-refractivity contribution in [3.05, 3.63) is 58.6 Å². The van der Waals surface area contributed by atoms with E-state index in [0.29, 0.717) is 12.3 Å². The molecule has 20 heavy (non-hydrogen) atoms. The summed E-state index contributed by atoms with van der Waals surface area (Å²) in [6.45, 7) is 0.461. The topological polar surface area (TPSA) is 64.3 Å². The van der Waals surface area contributed by atoms with E-state index in [9.17, 15) is 4.79 Å². The Hall–Kier alpha value is -1.85. The lowest BCUT2D eigenvalue weighted by Crippen LogP contribution is -2.20. The highest BCUT2D eigenvalue weighted by Crippen LogP contribution is 2.14. The van der Waals surface area contributed by atoms with Crippen LogP contribution >= 0.6 is 15.9 Å². The summed E-state index contributed by atoms with van der Waals surface area (Å²) >= 11 is 3.34. The van der Waals surface area contributed by atoms with Crippen molar-refractivity contribution in [3.8, 4) is 5.75 Å². The molecule has 0 saturated carbocycles. The van der Waals surface area contributed by atoms with Crippen molar-refractivity contribution < 1.29 is 9.53 Å². The van der Waals surface area contributed by atoms with Gasteiger partial charge in [-0.15, -0.1) is 0 Å². The van der Waals surface area contributed by atoms with Gasteiger partial charge in [0.05, 0.1) is 0 Å². The van der Waals surface area contributed by atoms with Crippen molar-refractivity contribution in [2.24, 2.45) is 5.73 Å². The molecule has 2 rings (SSSR count). The van der Waals surface area contributed by atoms with Gasteiger partial charge in [0.25, 0.3) is 5.91 Å². The predicted molar refractivity (Wildman–Crippen MR) is 82.6 cm³/mol. The van der Waals surface area contributed by atoms with E-state index in [0.717, 1.165) is 15.7 Å². The quantitative estimate of drug-likeness (QED) is 0.883. The van der Waals surface area contributed by atoms with Gasteiger partial charge >= 0.3 is 0 Å². The maximum absolute atomic E-state index is 11.7. The Morgan fingerprint density at radius 3 is 2.35 bits per heavy atom. The van der Waals surface area contributed by atoms with Crippen LogP contribution in [0.15, 0.2) is 53.0 Å². The second-order valence-corrected chi connectivity index (χ2v) is 5.11. The summed E-state index contributed by atoms with van der Waals surface area (Å²) in [7, 11) is 0. The van der Waals surface area contributed by atoms with Crippen LogP contribution in [0, 0.1) is 0 Å². The average Bonchev–Trinajstić information content (AvgIpc) is 2.48. The van der Waals surface area contributed by atoms with Gasteiger partial charge < -0.3 is 15.8 Å². The van der Waals surface area contributed by atoms with E-state index in [1.807, 2.05) is 36.4 Å². The molecule has 3 N–H and O–H groups in total. The van der Waals surface area contributed by atoms with Crippen LogP contribution in [0.25, 0.3) is 0 Å². The molecule has 5 heteroatoms. The van der Waals surface area contributed by atoms with Crippen molar-refractivity contribution >= 4 is 27.5 Å². The third-order valence-corrected chi connectivity index (χ3v) is 3.19. The van der Waals surface area contributed by atoms with Crippen LogP contribution in [0.2, 0.25) is 0 Å². The number of nitrogens with two attached hydrogens (primary N) is 1. The second kappa shape index (κ2) is 7.07. The molecular weight excluding hydrogens is 320 g/mol. The number of halogens is 1. The van der Waals surface area contributed by atoms with Gasteiger partial charge in [-0.25, -0.2) is 0 Å². The maximum Gasteiger partial charge on any atom is 0.262 e. The Balaban J connectivity index is 1.83. The maximum atomic E-state index is 11.7. The lowest BCUT2D eigenvalue weighted by Gasteiger charge is -2.08. The Morgan fingerprint density at radius 1 is 1.10 bits per heavy atom. The van der Waals surface area contributed by atoms with Crippen molar-refractivity contribution in [2.45, 2.75) is 6.54 Å². The molecule has 4 nitrogen and oxygen atoms in total. The van der Waals surface area contributed by atoms with Crippen LogP contribution in [0.1, 0.15) is 5.56 Å². The third-order valence-electron chi connectivity index (χ3n) is 2.66. The normalized spacial score (nSPS) is 10.1. The standard InChI is InChI=1S/C15H15BrN2O2/c16-12-3-5-13(6-4-12)18-15(19)10-20-14-7-1-11(9-17)2-8-14/h1-8H,9-10,17H2,(H,18,19). The molecule has 0 aliphatic heterocycles. The molecule has 0 bridgehead atoms. The van der Waals surface area contributed by atoms with E-state index in [1.54, 1.807) is 12.1 Å². The molecule has 0 fully saturated rings. The molecule has 0 unspecified atom stereocenters. The number of hydrogen-bond acceptors (Lipinski definition) is 3. The minimum atomic E-state index is -0.199. The van der Waals surface area contributed by atoms with Crippen molar-refractivity contribution in [2.75, 3.05) is 11.9 Å². The zero-order chi connectivity index (χ0) is 14.4. The first-order chi connectivity index (χ1) is 9.67. The van der Waals surface area contributed by atoms with Gasteiger partial charge in [0.1, 0.15) is 5.75 Å². The molecule has 0 atom stereocenters. The lowest BCUT2D eigenvalue weighted by atomic mass is 10.2. The van der Waals surface area contributed by atoms with Crippen LogP contribution < -0.4 is 15.8 Å². The average molecular weight is 335 g/mol. The van der Waals surface area contributed by atoms with Gasteiger partial charge in [-0.3, -0.25) is 4.79 Å². The molecule has 0 aliphatic rings. The number of ether oxygens (including phenoxy) is 1. The molecule has 104 valence electrons. The number of carbonyl (C=O) groups excluding carboxylic acids is 1. The molecule has 2 aromatic carbocycles. The van der Waals surface area contributed by atoms with Crippen LogP contribution in [-0.4, -0.2) is 12.5 Å². The summed E-state index contributed by atoms with van der Waals surface area (Å²) in [4.78, 5) is 11.7. The summed E-state index contributed by atoms with van der Waals surface area (Å²) < 4.78 is 6.37. The first kappa shape index (κ1) is 14.6. The summed E-state index contributed by atoms with van der Waals surface area (Å²) in [6, 6.07) is 14.7. The van der Waals surface area contributed by atoms with Gasteiger partial charge in [0, 0.05) is 16.7 Å². The number of benzene rings is 2. The Labute approximate surface area is 126 Å². The highest BCUT2D eigenvalue weighted by atomic mass is 79.9. The van der Waals surface area contributed by atoms with Gasteiger partial charge in [-0.2, -0.15) is 0 Å². The summed E-state index contributed by atoms with van der Waals surface area (Å²) in [6.07, 6.45) is 0. The zero-order valence-electron chi connectivity index (χ0n) is 10.8. The minimum Gasteiger partial charge on any atom is -0.484 e. The SMILES string of the molecule is NCc1ccc(OCC(=O)Nc2ccc(Br)cc2)cc1. The molecule has 0 radical (unpaired) electrons. The van der Waals surface area contributed by atoms with Gasteiger partial charge in [0.15, 0.2) is 6.61 Å². The number of carbonyl (C=O) groups is 1. The molecule has 1 amide bonds. The minimum absolute atomic E-state index is 0.0297. The van der Waals surface area contributed by atoms with Crippen LogP contribution in [-0.2, 0) is 11.3 Å². The molecule has 0 heterocycles. The Kier molecular flexibility index (Phi) is 5.15. The molecule has 0 aliphatic carbocycles. The number of amides is 1. The highest BCUT2D eigenvalue weighted by molar-refractivity contribution is 9.10. The second-order valence-electron chi connectivity index (χ2n) is 4.19. The summed E-state index contributed by atoms with van der Waals surface area (Å²) in [5, 5.41) is 2.76. The van der Waals surface area contributed by atoms with E-state index in [2.05, 4.69) is 21.2 Å². The van der Waals surface area contributed by atoms with Gasteiger partial charge in [-0.1, -0.05) is 28.1 Å². The van der Waals surface area contributed by atoms with Gasteiger partial charge in [0.2, 0.25) is 0 Å². The third kappa shape index (κ3) is 4.36. The fraction of sp³-hybridized carbons (Fsp3) is 0.133. The number of anilines is 1. The highest BCUT2D eigenvalue weighted by Gasteiger charge is 2.03. The largest absolute Gasteiger partial charge is 0.484 e. The van der Waals surface area contributed by atoms with E-state index in [4.69, 9.17) is 10.5 Å². The molecule has 0 saturated heterocycles. The van der Waals surface area contributed by atoms with Crippen LogP contribution in [0.4, 0.5) is 5.69 Å². The first-order valence-corrected chi connectivity index (χ1v) is 6.94. The Morgan fingerprint density at radius 2 is 1.75 bits per heavy atom. The lowest BCUT2D eigenvalue weighted by molar-refractivity contribution is -0.118. The van der Waals surface area contributed by atoms with Crippen LogP contribution in [0.3, 0.4) is 0 Å². The number of rotatable bonds is 5. The molecule has 2 aromatic rings. The van der Waals surface area contributed by atoms with Crippen molar-refractivity contribution in [1.29, 1.82) is 0 Å². The number of nitrogens with one attached hydrogen (secondary N) is 1. The molecule has 0 aromatic heterocycles. The zero-order valence-corrected chi connectivity index (χ0v) is 12.4. The summed E-state index contributed by atoms with van der Waals surface area (Å²) in [5.41, 5.74) is 7.27. The fourth-order valence-electron chi connectivity index (χ4n) is 1.60. The predicted octanol–water partition coefficient (Wildman–Crippen LogP) is 2.93. The van der Waals surface area contributed by atoms with Crippen molar-refractivity contribution in [1.82, 2.24) is 0 Å². The first-order valence-electron chi connectivity index (χ1n) is 6.14. The smallest absolute Gasteiger partial charge is 0.262 e. The fourth-order valence-corrected chi connectivity index (χ4v) is 1.87. The van der Waals surface area contributed by atoms with Crippen LogP contribution in [0.5, 0.6) is 5.75 Å². The van der Waals surface area contributed by atoms with E-state index >= 15 is 0 Å². The van der Waals surface area contributed by atoms with Crippen molar-refractivity contribution in [3.63, 3.8) is 0 Å².